The molecule has 0 fully saturated rings. The van der Waals surface area contributed by atoms with Gasteiger partial charge in [0.2, 0.25) is 5.95 Å². The molecule has 2 heterocycles. The molecule has 0 saturated carbocycles. The number of aromatic nitrogens is 4. The van der Waals surface area contributed by atoms with Gasteiger partial charge in [-0.25, -0.2) is 14.4 Å². The molecule has 0 radical (unpaired) electrons. The zero-order chi connectivity index (χ0) is 23.4. The van der Waals surface area contributed by atoms with Crippen molar-refractivity contribution < 1.29 is 17.6 Å². The number of nitrogens with one attached hydrogen (secondary N) is 2. The van der Waals surface area contributed by atoms with E-state index in [1.165, 1.54) is 30.5 Å². The molecule has 4 rings (SSSR count). The van der Waals surface area contributed by atoms with Crippen LogP contribution < -0.4 is 10.6 Å². The van der Waals surface area contributed by atoms with Crippen LogP contribution in [-0.2, 0) is 6.54 Å². The lowest BCUT2D eigenvalue weighted by Crippen LogP contribution is -2.22. The van der Waals surface area contributed by atoms with Gasteiger partial charge in [-0.1, -0.05) is 18.2 Å². The summed E-state index contributed by atoms with van der Waals surface area (Å²) in [5.41, 5.74) is 2.12. The molecule has 0 aliphatic heterocycles. The first kappa shape index (κ1) is 22.7. The molecule has 11 heteroatoms. The van der Waals surface area contributed by atoms with Crippen LogP contribution in [0.1, 0.15) is 5.56 Å². The lowest BCUT2D eigenvalue weighted by Gasteiger charge is -2.13. The molecular weight excluding hydrogens is 456 g/mol. The van der Waals surface area contributed by atoms with E-state index in [-0.39, 0.29) is 22.9 Å². The summed E-state index contributed by atoms with van der Waals surface area (Å²) in [5.74, 6) is -0.400. The molecule has 4 aromatic rings. The van der Waals surface area contributed by atoms with Crippen molar-refractivity contribution in [3.63, 3.8) is 0 Å². The van der Waals surface area contributed by atoms with E-state index < -0.39 is 18.5 Å². The minimum atomic E-state index is -4.45. The zero-order valence-electron chi connectivity index (χ0n) is 17.3. The Bertz CT molecular complexity index is 1260. The van der Waals surface area contributed by atoms with Gasteiger partial charge in [-0.05, 0) is 42.2 Å². The van der Waals surface area contributed by atoms with Gasteiger partial charge in [0.15, 0.2) is 17.0 Å². The third kappa shape index (κ3) is 5.67. The highest BCUT2D eigenvalue weighted by Gasteiger charge is 2.27. The Kier molecular flexibility index (Phi) is 6.59. The van der Waals surface area contributed by atoms with E-state index in [4.69, 9.17) is 0 Å². The van der Waals surface area contributed by atoms with Gasteiger partial charge in [0, 0.05) is 17.0 Å². The molecular formula is C22H18F4N6S. The number of nitrogens with zero attached hydrogens (tertiary/aromatic N) is 4. The normalized spacial score (nSPS) is 11.5. The van der Waals surface area contributed by atoms with Crippen LogP contribution in [0, 0.1) is 5.82 Å². The molecule has 0 atom stereocenters. The summed E-state index contributed by atoms with van der Waals surface area (Å²) in [7, 11) is 0. The Labute approximate surface area is 190 Å². The molecule has 2 aromatic carbocycles. The third-order valence-electron chi connectivity index (χ3n) is 4.63. The number of benzene rings is 2. The van der Waals surface area contributed by atoms with Crippen molar-refractivity contribution in [1.82, 2.24) is 19.9 Å². The van der Waals surface area contributed by atoms with Crippen molar-refractivity contribution in [3.05, 3.63) is 66.1 Å². The average molecular weight is 474 g/mol. The Morgan fingerprint density at radius 1 is 0.939 bits per heavy atom. The van der Waals surface area contributed by atoms with Gasteiger partial charge in [-0.15, -0.1) is 11.8 Å². The molecule has 0 amide bonds. The fourth-order valence-corrected chi connectivity index (χ4v) is 3.69. The van der Waals surface area contributed by atoms with Crippen molar-refractivity contribution in [2.75, 3.05) is 23.4 Å². The van der Waals surface area contributed by atoms with E-state index in [2.05, 4.69) is 30.6 Å². The Morgan fingerprint density at radius 2 is 1.70 bits per heavy atom. The number of thioether (sulfide) groups is 1. The van der Waals surface area contributed by atoms with E-state index in [0.29, 0.717) is 17.8 Å². The highest BCUT2D eigenvalue weighted by atomic mass is 32.2. The molecule has 0 unspecified atom stereocenters. The Balaban J connectivity index is 1.69. The lowest BCUT2D eigenvalue weighted by molar-refractivity contribution is -0.115. The average Bonchev–Trinajstić information content (AvgIpc) is 2.81. The summed E-state index contributed by atoms with van der Waals surface area (Å²) in [6.45, 7) is -0.918. The van der Waals surface area contributed by atoms with E-state index in [1.54, 1.807) is 11.8 Å². The highest BCUT2D eigenvalue weighted by Crippen LogP contribution is 2.26. The highest BCUT2D eigenvalue weighted by molar-refractivity contribution is 7.98. The van der Waals surface area contributed by atoms with Crippen molar-refractivity contribution >= 4 is 34.7 Å². The van der Waals surface area contributed by atoms with Crippen molar-refractivity contribution in [1.29, 1.82) is 0 Å². The van der Waals surface area contributed by atoms with Crippen molar-refractivity contribution in [2.45, 2.75) is 17.6 Å². The SMILES string of the molecule is CSc1ccccc1CNc1nc(NCC(F)(F)F)c2nc(-c3ccc(F)cc3)cnc2n1. The van der Waals surface area contributed by atoms with Crippen LogP contribution in [-0.4, -0.2) is 38.9 Å². The first-order chi connectivity index (χ1) is 15.8. The van der Waals surface area contributed by atoms with Gasteiger partial charge < -0.3 is 10.6 Å². The second kappa shape index (κ2) is 9.57. The minimum absolute atomic E-state index is 0.0798. The number of alkyl halides is 3. The van der Waals surface area contributed by atoms with Crippen LogP contribution in [0.15, 0.2) is 59.6 Å². The third-order valence-corrected chi connectivity index (χ3v) is 5.47. The molecule has 0 spiro atoms. The van der Waals surface area contributed by atoms with Crippen LogP contribution in [0.25, 0.3) is 22.4 Å². The molecule has 2 N–H and O–H groups in total. The fraction of sp³-hybridized carbons (Fsp3) is 0.182. The van der Waals surface area contributed by atoms with Crippen LogP contribution in [0.2, 0.25) is 0 Å². The molecule has 0 aliphatic carbocycles. The van der Waals surface area contributed by atoms with E-state index >= 15 is 0 Å². The van der Waals surface area contributed by atoms with Crippen molar-refractivity contribution in [3.8, 4) is 11.3 Å². The summed E-state index contributed by atoms with van der Waals surface area (Å²) in [4.78, 5) is 18.3. The van der Waals surface area contributed by atoms with E-state index in [0.717, 1.165) is 10.5 Å². The largest absolute Gasteiger partial charge is 0.405 e. The maximum Gasteiger partial charge on any atom is 0.405 e. The zero-order valence-corrected chi connectivity index (χ0v) is 18.1. The quantitative estimate of drug-likeness (QED) is 0.269. The number of rotatable bonds is 7. The summed E-state index contributed by atoms with van der Waals surface area (Å²) in [5, 5.41) is 5.35. The molecule has 2 aromatic heterocycles. The number of halogens is 4. The lowest BCUT2D eigenvalue weighted by atomic mass is 10.1. The molecule has 170 valence electrons. The fourth-order valence-electron chi connectivity index (χ4n) is 3.08. The molecule has 33 heavy (non-hydrogen) atoms. The van der Waals surface area contributed by atoms with Gasteiger partial charge >= 0.3 is 6.18 Å². The molecule has 6 nitrogen and oxygen atoms in total. The van der Waals surface area contributed by atoms with Gasteiger partial charge in [0.05, 0.1) is 11.9 Å². The predicted octanol–water partition coefficient (Wildman–Crippen LogP) is 5.53. The van der Waals surface area contributed by atoms with Gasteiger partial charge in [-0.3, -0.25) is 0 Å². The first-order valence-corrected chi connectivity index (χ1v) is 11.0. The Morgan fingerprint density at radius 3 is 2.42 bits per heavy atom. The summed E-state index contributed by atoms with van der Waals surface area (Å²) >= 11 is 1.58. The standard InChI is InChI=1S/C22H18F4N6S/c1-33-17-5-3-2-4-14(17)10-28-21-31-19-18(20(32-21)29-12-22(24,25)26)30-16(11-27-19)13-6-8-15(23)9-7-13/h2-9,11H,10,12H2,1H3,(H2,27,28,29,31,32). The Hall–Kier alpha value is -3.47. The maximum absolute atomic E-state index is 13.2. The van der Waals surface area contributed by atoms with Crippen LogP contribution in [0.3, 0.4) is 0 Å². The van der Waals surface area contributed by atoms with Crippen LogP contribution in [0.4, 0.5) is 29.3 Å². The van der Waals surface area contributed by atoms with Crippen LogP contribution in [0.5, 0.6) is 0 Å². The van der Waals surface area contributed by atoms with Gasteiger partial charge in [0.1, 0.15) is 12.4 Å². The summed E-state index contributed by atoms with van der Waals surface area (Å²) in [6, 6.07) is 13.3. The molecule has 0 saturated heterocycles. The molecule has 0 bridgehead atoms. The van der Waals surface area contributed by atoms with Gasteiger partial charge in [-0.2, -0.15) is 23.1 Å². The smallest absolute Gasteiger partial charge is 0.359 e. The topological polar surface area (TPSA) is 75.6 Å². The monoisotopic (exact) mass is 474 g/mol. The van der Waals surface area contributed by atoms with Crippen molar-refractivity contribution in [2.24, 2.45) is 0 Å². The van der Waals surface area contributed by atoms with E-state index in [1.807, 2.05) is 30.5 Å². The molecule has 0 aliphatic rings. The van der Waals surface area contributed by atoms with Gasteiger partial charge in [0.25, 0.3) is 0 Å². The van der Waals surface area contributed by atoms with E-state index in [9.17, 15) is 17.6 Å². The second-order valence-electron chi connectivity index (χ2n) is 6.96. The number of anilines is 2. The predicted molar refractivity (Wildman–Crippen MR) is 121 cm³/mol. The second-order valence-corrected chi connectivity index (χ2v) is 7.81. The first-order valence-electron chi connectivity index (χ1n) is 9.79. The van der Waals surface area contributed by atoms with Crippen LogP contribution >= 0.6 is 11.8 Å². The number of fused-ring (bicyclic) bond motifs is 1. The maximum atomic E-state index is 13.2. The minimum Gasteiger partial charge on any atom is -0.359 e. The summed E-state index contributed by atoms with van der Waals surface area (Å²) in [6.07, 6.45) is -1.06. The number of hydrogen-bond donors (Lipinski definition) is 2. The summed E-state index contributed by atoms with van der Waals surface area (Å²) < 4.78 is 51.9. The number of hydrogen-bond acceptors (Lipinski definition) is 7.